The van der Waals surface area contributed by atoms with Crippen LogP contribution in [0.2, 0.25) is 5.15 Å². The number of rotatable bonds is 4. The summed E-state index contributed by atoms with van der Waals surface area (Å²) >= 11 is 6.10. The second-order valence-corrected chi connectivity index (χ2v) is 5.13. The lowest BCUT2D eigenvalue weighted by Gasteiger charge is -2.08. The van der Waals surface area contributed by atoms with Crippen molar-refractivity contribution in [1.82, 2.24) is 15.1 Å². The average molecular weight is 318 g/mol. The highest BCUT2D eigenvalue weighted by Crippen LogP contribution is 2.29. The van der Waals surface area contributed by atoms with Gasteiger partial charge in [-0.2, -0.15) is 18.3 Å². The smallest absolute Gasteiger partial charge is 0.308 e. The SMILES string of the molecule is Cc1nn(C)c(Cl)c1CNCc1ccc(C(F)(F)F)cc1. The lowest BCUT2D eigenvalue weighted by atomic mass is 10.1. The molecule has 1 aromatic carbocycles. The zero-order valence-corrected chi connectivity index (χ0v) is 12.4. The molecule has 1 N–H and O–H groups in total. The van der Waals surface area contributed by atoms with Crippen molar-refractivity contribution in [2.45, 2.75) is 26.2 Å². The van der Waals surface area contributed by atoms with Gasteiger partial charge in [-0.05, 0) is 24.6 Å². The number of aryl methyl sites for hydroxylation is 2. The van der Waals surface area contributed by atoms with Crippen molar-refractivity contribution >= 4 is 11.6 Å². The molecule has 2 rings (SSSR count). The van der Waals surface area contributed by atoms with Crippen LogP contribution in [0.5, 0.6) is 0 Å². The van der Waals surface area contributed by atoms with E-state index < -0.39 is 11.7 Å². The summed E-state index contributed by atoms with van der Waals surface area (Å²) in [4.78, 5) is 0. The number of hydrogen-bond donors (Lipinski definition) is 1. The summed E-state index contributed by atoms with van der Waals surface area (Å²) < 4.78 is 38.9. The summed E-state index contributed by atoms with van der Waals surface area (Å²) in [5.41, 5.74) is 1.87. The summed E-state index contributed by atoms with van der Waals surface area (Å²) in [6.07, 6.45) is -4.30. The zero-order chi connectivity index (χ0) is 15.6. The third kappa shape index (κ3) is 3.77. The second-order valence-electron chi connectivity index (χ2n) is 4.78. The largest absolute Gasteiger partial charge is 0.416 e. The molecule has 0 radical (unpaired) electrons. The lowest BCUT2D eigenvalue weighted by molar-refractivity contribution is -0.137. The van der Waals surface area contributed by atoms with Gasteiger partial charge in [0, 0.05) is 25.7 Å². The van der Waals surface area contributed by atoms with Gasteiger partial charge in [0.15, 0.2) is 0 Å². The molecular weight excluding hydrogens is 303 g/mol. The van der Waals surface area contributed by atoms with E-state index in [9.17, 15) is 13.2 Å². The van der Waals surface area contributed by atoms with Crippen molar-refractivity contribution in [3.05, 3.63) is 51.8 Å². The molecule has 1 heterocycles. The van der Waals surface area contributed by atoms with E-state index in [4.69, 9.17) is 11.6 Å². The van der Waals surface area contributed by atoms with Gasteiger partial charge in [0.1, 0.15) is 5.15 Å². The lowest BCUT2D eigenvalue weighted by Crippen LogP contribution is -2.13. The minimum absolute atomic E-state index is 0.461. The predicted molar refractivity (Wildman–Crippen MR) is 74.9 cm³/mol. The van der Waals surface area contributed by atoms with Gasteiger partial charge in [-0.15, -0.1) is 0 Å². The van der Waals surface area contributed by atoms with E-state index in [1.165, 1.54) is 12.1 Å². The molecule has 0 atom stereocenters. The maximum absolute atomic E-state index is 12.4. The molecule has 3 nitrogen and oxygen atoms in total. The fourth-order valence-corrected chi connectivity index (χ4v) is 2.26. The van der Waals surface area contributed by atoms with Crippen molar-refractivity contribution in [2.24, 2.45) is 7.05 Å². The molecule has 7 heteroatoms. The molecule has 0 amide bonds. The molecule has 21 heavy (non-hydrogen) atoms. The van der Waals surface area contributed by atoms with Gasteiger partial charge in [-0.1, -0.05) is 23.7 Å². The van der Waals surface area contributed by atoms with E-state index in [2.05, 4.69) is 10.4 Å². The standard InChI is InChI=1S/C14H15ClF3N3/c1-9-12(13(15)21(2)20-9)8-19-7-10-3-5-11(6-4-10)14(16,17)18/h3-6,19H,7-8H2,1-2H3. The Morgan fingerprint density at radius 3 is 2.29 bits per heavy atom. The van der Waals surface area contributed by atoms with Crippen LogP contribution in [0.15, 0.2) is 24.3 Å². The van der Waals surface area contributed by atoms with Gasteiger partial charge in [-0.3, -0.25) is 4.68 Å². The van der Waals surface area contributed by atoms with Gasteiger partial charge < -0.3 is 5.32 Å². The molecule has 0 unspecified atom stereocenters. The molecule has 0 saturated heterocycles. The average Bonchev–Trinajstić information content (AvgIpc) is 2.64. The van der Waals surface area contributed by atoms with Gasteiger partial charge in [0.05, 0.1) is 11.3 Å². The fourth-order valence-electron chi connectivity index (χ4n) is 2.02. The van der Waals surface area contributed by atoms with Crippen LogP contribution in [-0.4, -0.2) is 9.78 Å². The summed E-state index contributed by atoms with van der Waals surface area (Å²) in [5.74, 6) is 0. The van der Waals surface area contributed by atoms with Crippen LogP contribution in [0.3, 0.4) is 0 Å². The Bertz CT molecular complexity index is 618. The van der Waals surface area contributed by atoms with Gasteiger partial charge in [0.2, 0.25) is 0 Å². The van der Waals surface area contributed by atoms with Crippen LogP contribution in [0.25, 0.3) is 0 Å². The summed E-state index contributed by atoms with van der Waals surface area (Å²) in [5, 5.41) is 7.91. The summed E-state index contributed by atoms with van der Waals surface area (Å²) in [7, 11) is 1.76. The quantitative estimate of drug-likeness (QED) is 0.932. The van der Waals surface area contributed by atoms with Crippen LogP contribution in [-0.2, 0) is 26.3 Å². The molecule has 0 aliphatic carbocycles. The third-order valence-corrected chi connectivity index (χ3v) is 3.65. The Morgan fingerprint density at radius 2 is 1.81 bits per heavy atom. The van der Waals surface area contributed by atoms with E-state index in [0.717, 1.165) is 29.0 Å². The van der Waals surface area contributed by atoms with E-state index in [-0.39, 0.29) is 0 Å². The normalized spacial score (nSPS) is 11.9. The molecule has 2 aromatic rings. The number of nitrogens with one attached hydrogen (secondary N) is 1. The molecule has 1 aromatic heterocycles. The van der Waals surface area contributed by atoms with Crippen LogP contribution < -0.4 is 5.32 Å². The number of hydrogen-bond acceptors (Lipinski definition) is 2. The molecule has 0 spiro atoms. The Kier molecular flexibility index (Phi) is 4.58. The van der Waals surface area contributed by atoms with E-state index in [1.54, 1.807) is 11.7 Å². The Balaban J connectivity index is 1.95. The van der Waals surface area contributed by atoms with Crippen molar-refractivity contribution in [3.8, 4) is 0 Å². The van der Waals surface area contributed by atoms with Crippen molar-refractivity contribution in [2.75, 3.05) is 0 Å². The van der Waals surface area contributed by atoms with Crippen LogP contribution in [0, 0.1) is 6.92 Å². The summed E-state index contributed by atoms with van der Waals surface area (Å²) in [6, 6.07) is 5.10. The molecule has 114 valence electrons. The highest BCUT2D eigenvalue weighted by molar-refractivity contribution is 6.30. The molecular formula is C14H15ClF3N3. The predicted octanol–water partition coefficient (Wildman–Crippen LogP) is 3.69. The molecule has 0 saturated carbocycles. The number of alkyl halides is 3. The minimum Gasteiger partial charge on any atom is -0.308 e. The third-order valence-electron chi connectivity index (χ3n) is 3.18. The fraction of sp³-hybridized carbons (Fsp3) is 0.357. The van der Waals surface area contributed by atoms with E-state index >= 15 is 0 Å². The number of benzene rings is 1. The molecule has 0 aliphatic heterocycles. The number of halogens is 4. The highest BCUT2D eigenvalue weighted by atomic mass is 35.5. The van der Waals surface area contributed by atoms with Crippen molar-refractivity contribution < 1.29 is 13.2 Å². The van der Waals surface area contributed by atoms with E-state index in [0.29, 0.717) is 18.2 Å². The first-order chi connectivity index (χ1) is 9.79. The van der Waals surface area contributed by atoms with Crippen LogP contribution >= 0.6 is 11.6 Å². The van der Waals surface area contributed by atoms with Gasteiger partial charge in [0.25, 0.3) is 0 Å². The van der Waals surface area contributed by atoms with Crippen LogP contribution in [0.1, 0.15) is 22.4 Å². The van der Waals surface area contributed by atoms with Crippen molar-refractivity contribution in [3.63, 3.8) is 0 Å². The molecule has 0 bridgehead atoms. The topological polar surface area (TPSA) is 29.9 Å². The zero-order valence-electron chi connectivity index (χ0n) is 11.6. The Labute approximate surface area is 125 Å². The van der Waals surface area contributed by atoms with Crippen LogP contribution in [0.4, 0.5) is 13.2 Å². The van der Waals surface area contributed by atoms with Gasteiger partial charge in [-0.25, -0.2) is 0 Å². The Morgan fingerprint density at radius 1 is 1.19 bits per heavy atom. The second kappa shape index (κ2) is 6.07. The highest BCUT2D eigenvalue weighted by Gasteiger charge is 2.29. The minimum atomic E-state index is -4.30. The Hall–Kier alpha value is -1.53. The first-order valence-electron chi connectivity index (χ1n) is 6.34. The van der Waals surface area contributed by atoms with E-state index in [1.807, 2.05) is 6.92 Å². The maximum atomic E-state index is 12.4. The molecule has 0 fully saturated rings. The van der Waals surface area contributed by atoms with Crippen molar-refractivity contribution in [1.29, 1.82) is 0 Å². The number of nitrogens with zero attached hydrogens (tertiary/aromatic N) is 2. The number of aromatic nitrogens is 2. The monoisotopic (exact) mass is 317 g/mol. The first kappa shape index (κ1) is 15.9. The maximum Gasteiger partial charge on any atom is 0.416 e. The summed E-state index contributed by atoms with van der Waals surface area (Å²) in [6.45, 7) is 2.84. The molecule has 0 aliphatic rings. The first-order valence-corrected chi connectivity index (χ1v) is 6.71. The van der Waals surface area contributed by atoms with Gasteiger partial charge >= 0.3 is 6.18 Å².